The van der Waals surface area contributed by atoms with Crippen LogP contribution in [0.15, 0.2) is 60.2 Å². The molecule has 0 radical (unpaired) electrons. The van der Waals surface area contributed by atoms with Gasteiger partial charge in [-0.15, -0.1) is 0 Å². The summed E-state index contributed by atoms with van der Waals surface area (Å²) in [5.74, 6) is 1.11. The van der Waals surface area contributed by atoms with Gasteiger partial charge in [0.05, 0.1) is 6.10 Å². The maximum atomic E-state index is 12.2. The summed E-state index contributed by atoms with van der Waals surface area (Å²) in [4.78, 5) is 12.2. The number of nitrogens with zero attached hydrogens (tertiary/aromatic N) is 1. The van der Waals surface area contributed by atoms with E-state index in [1.54, 1.807) is 30.3 Å². The van der Waals surface area contributed by atoms with Crippen molar-refractivity contribution in [3.63, 3.8) is 0 Å². The van der Waals surface area contributed by atoms with Gasteiger partial charge in [-0.25, -0.2) is 0 Å². The lowest BCUT2D eigenvalue weighted by Crippen LogP contribution is -2.32. The molecule has 29 heavy (non-hydrogen) atoms. The van der Waals surface area contributed by atoms with Crippen LogP contribution in [0.25, 0.3) is 6.08 Å². The van der Waals surface area contributed by atoms with Crippen molar-refractivity contribution >= 4 is 12.0 Å². The van der Waals surface area contributed by atoms with Crippen LogP contribution in [0.2, 0.25) is 0 Å². The van der Waals surface area contributed by atoms with Crippen LogP contribution in [0.1, 0.15) is 18.4 Å². The summed E-state index contributed by atoms with van der Waals surface area (Å²) in [6.45, 7) is 2.01. The van der Waals surface area contributed by atoms with E-state index in [2.05, 4.69) is 5.32 Å². The lowest BCUT2D eigenvalue weighted by Gasteiger charge is -2.10. The van der Waals surface area contributed by atoms with E-state index in [0.717, 1.165) is 30.8 Å². The second-order valence-electron chi connectivity index (χ2n) is 6.59. The maximum Gasteiger partial charge on any atom is 0.262 e. The minimum Gasteiger partial charge on any atom is -0.490 e. The van der Waals surface area contributed by atoms with Gasteiger partial charge in [-0.3, -0.25) is 4.79 Å². The third-order valence-corrected chi connectivity index (χ3v) is 4.43. The number of benzene rings is 2. The number of nitriles is 1. The highest BCUT2D eigenvalue weighted by molar-refractivity contribution is 6.01. The van der Waals surface area contributed by atoms with Gasteiger partial charge in [0.1, 0.15) is 36.4 Å². The van der Waals surface area contributed by atoms with Crippen LogP contribution in [0.3, 0.4) is 0 Å². The molecule has 2 aromatic rings. The number of nitrogens with one attached hydrogen (secondary N) is 1. The molecule has 1 aliphatic heterocycles. The molecule has 2 aromatic carbocycles. The zero-order valence-electron chi connectivity index (χ0n) is 16.2. The summed E-state index contributed by atoms with van der Waals surface area (Å²) in [5.41, 5.74) is 0.814. The van der Waals surface area contributed by atoms with Crippen LogP contribution in [0.5, 0.6) is 11.5 Å². The van der Waals surface area contributed by atoms with Gasteiger partial charge in [-0.1, -0.05) is 30.3 Å². The molecule has 1 atom stereocenters. The minimum absolute atomic E-state index is 0.0428. The predicted molar refractivity (Wildman–Crippen MR) is 109 cm³/mol. The molecular weight excluding hydrogens is 368 g/mol. The Morgan fingerprint density at radius 3 is 2.41 bits per heavy atom. The summed E-state index contributed by atoms with van der Waals surface area (Å²) in [6, 6.07) is 18.7. The summed E-state index contributed by atoms with van der Waals surface area (Å²) in [7, 11) is 0. The number of para-hydroxylation sites is 1. The summed E-state index contributed by atoms with van der Waals surface area (Å²) < 4.78 is 16.7. The van der Waals surface area contributed by atoms with Crippen molar-refractivity contribution in [2.24, 2.45) is 0 Å². The molecule has 6 nitrogen and oxygen atoms in total. The van der Waals surface area contributed by atoms with Gasteiger partial charge < -0.3 is 19.5 Å². The molecule has 0 saturated carbocycles. The van der Waals surface area contributed by atoms with Crippen LogP contribution in [-0.4, -0.2) is 38.4 Å². The van der Waals surface area contributed by atoms with Crippen LogP contribution >= 0.6 is 0 Å². The Hall–Kier alpha value is -3.30. The molecule has 0 bridgehead atoms. The first kappa shape index (κ1) is 20.4. The molecule has 1 saturated heterocycles. The van der Waals surface area contributed by atoms with Crippen molar-refractivity contribution < 1.29 is 19.0 Å². The van der Waals surface area contributed by atoms with E-state index in [1.807, 2.05) is 36.4 Å². The standard InChI is InChI=1S/C23H24N2O4/c24-16-19(23(26)25-17-22-7-4-12-27-22)15-18-8-10-21(11-9-18)29-14-13-28-20-5-2-1-3-6-20/h1-3,5-6,8-11,15,22H,4,7,12-14,17H2,(H,25,26). The number of ether oxygens (including phenoxy) is 3. The molecular formula is C23H24N2O4. The number of rotatable bonds is 9. The van der Waals surface area contributed by atoms with Gasteiger partial charge >= 0.3 is 0 Å². The lowest BCUT2D eigenvalue weighted by atomic mass is 10.1. The number of hydrogen-bond acceptors (Lipinski definition) is 5. The molecule has 1 heterocycles. The molecule has 6 heteroatoms. The van der Waals surface area contributed by atoms with Crippen molar-refractivity contribution in [3.05, 3.63) is 65.7 Å². The van der Waals surface area contributed by atoms with Crippen molar-refractivity contribution in [1.29, 1.82) is 5.26 Å². The largest absolute Gasteiger partial charge is 0.490 e. The van der Waals surface area contributed by atoms with Crippen LogP contribution in [0.4, 0.5) is 0 Å². The van der Waals surface area contributed by atoms with Gasteiger partial charge in [0.2, 0.25) is 0 Å². The molecule has 1 fully saturated rings. The molecule has 150 valence electrons. The fraction of sp³-hybridized carbons (Fsp3) is 0.304. The Labute approximate surface area is 170 Å². The van der Waals surface area contributed by atoms with Gasteiger partial charge in [0.25, 0.3) is 5.91 Å². The molecule has 0 aromatic heterocycles. The minimum atomic E-state index is -0.388. The molecule has 1 unspecified atom stereocenters. The topological polar surface area (TPSA) is 80.6 Å². The van der Waals surface area contributed by atoms with E-state index < -0.39 is 0 Å². The maximum absolute atomic E-state index is 12.2. The number of hydrogen-bond donors (Lipinski definition) is 1. The molecule has 0 aliphatic carbocycles. The smallest absolute Gasteiger partial charge is 0.262 e. The predicted octanol–water partition coefficient (Wildman–Crippen LogP) is 3.35. The SMILES string of the molecule is N#CC(=Cc1ccc(OCCOc2ccccc2)cc1)C(=O)NCC1CCCO1. The van der Waals surface area contributed by atoms with Gasteiger partial charge in [0, 0.05) is 13.2 Å². The van der Waals surface area contributed by atoms with Crippen LogP contribution < -0.4 is 14.8 Å². The monoisotopic (exact) mass is 392 g/mol. The molecule has 3 rings (SSSR count). The second kappa shape index (κ2) is 10.9. The Morgan fingerprint density at radius 1 is 1.10 bits per heavy atom. The number of carbonyl (C=O) groups is 1. The van der Waals surface area contributed by atoms with Crippen molar-refractivity contribution in [2.45, 2.75) is 18.9 Å². The van der Waals surface area contributed by atoms with Crippen molar-refractivity contribution in [1.82, 2.24) is 5.32 Å². The highest BCUT2D eigenvalue weighted by Gasteiger charge is 2.17. The second-order valence-corrected chi connectivity index (χ2v) is 6.59. The Kier molecular flexibility index (Phi) is 7.67. The number of amides is 1. The van der Waals surface area contributed by atoms with E-state index in [0.29, 0.717) is 25.5 Å². The van der Waals surface area contributed by atoms with Crippen LogP contribution in [0, 0.1) is 11.3 Å². The average Bonchev–Trinajstić information content (AvgIpc) is 3.29. The van der Waals surface area contributed by atoms with E-state index in [4.69, 9.17) is 14.2 Å². The average molecular weight is 392 g/mol. The zero-order chi connectivity index (χ0) is 20.3. The van der Waals surface area contributed by atoms with Crippen molar-refractivity contribution in [2.75, 3.05) is 26.4 Å². The van der Waals surface area contributed by atoms with E-state index in [-0.39, 0.29) is 17.6 Å². The zero-order valence-corrected chi connectivity index (χ0v) is 16.2. The Balaban J connectivity index is 1.46. The van der Waals surface area contributed by atoms with Crippen molar-refractivity contribution in [3.8, 4) is 17.6 Å². The first-order chi connectivity index (χ1) is 14.2. The highest BCUT2D eigenvalue weighted by Crippen LogP contribution is 2.15. The van der Waals surface area contributed by atoms with E-state index >= 15 is 0 Å². The van der Waals surface area contributed by atoms with Gasteiger partial charge in [0.15, 0.2) is 0 Å². The normalized spacial score (nSPS) is 16.1. The first-order valence-electron chi connectivity index (χ1n) is 9.67. The van der Waals surface area contributed by atoms with E-state index in [1.165, 1.54) is 0 Å². The molecule has 1 aliphatic rings. The summed E-state index contributed by atoms with van der Waals surface area (Å²) in [5, 5.41) is 12.1. The third-order valence-electron chi connectivity index (χ3n) is 4.43. The summed E-state index contributed by atoms with van der Waals surface area (Å²) in [6.07, 6.45) is 3.55. The molecule has 1 N–H and O–H groups in total. The fourth-order valence-electron chi connectivity index (χ4n) is 2.92. The quantitative estimate of drug-likeness (QED) is 0.402. The lowest BCUT2D eigenvalue weighted by molar-refractivity contribution is -0.117. The van der Waals surface area contributed by atoms with Crippen LogP contribution in [-0.2, 0) is 9.53 Å². The van der Waals surface area contributed by atoms with E-state index in [9.17, 15) is 10.1 Å². The Bertz CT molecular complexity index is 851. The third kappa shape index (κ3) is 6.66. The van der Waals surface area contributed by atoms with Gasteiger partial charge in [-0.05, 0) is 48.7 Å². The number of carbonyl (C=O) groups excluding carboxylic acids is 1. The Morgan fingerprint density at radius 2 is 1.79 bits per heavy atom. The summed E-state index contributed by atoms with van der Waals surface area (Å²) >= 11 is 0. The fourth-order valence-corrected chi connectivity index (χ4v) is 2.92. The first-order valence-corrected chi connectivity index (χ1v) is 9.67. The molecule has 1 amide bonds. The highest BCUT2D eigenvalue weighted by atomic mass is 16.5. The molecule has 0 spiro atoms. The van der Waals surface area contributed by atoms with Gasteiger partial charge in [-0.2, -0.15) is 5.26 Å².